The molecule has 0 radical (unpaired) electrons. The van der Waals surface area contributed by atoms with Gasteiger partial charge in [0.15, 0.2) is 14.6 Å². The van der Waals surface area contributed by atoms with E-state index >= 15 is 0 Å². The van der Waals surface area contributed by atoms with Crippen molar-refractivity contribution in [2.75, 3.05) is 33.3 Å². The predicted molar refractivity (Wildman–Crippen MR) is 143 cm³/mol. The third kappa shape index (κ3) is 6.75. The van der Waals surface area contributed by atoms with E-state index in [0.29, 0.717) is 34.7 Å². The van der Waals surface area contributed by atoms with Crippen molar-refractivity contribution in [2.45, 2.75) is 57.4 Å². The van der Waals surface area contributed by atoms with Crippen LogP contribution in [0.4, 0.5) is 5.69 Å². The zero-order chi connectivity index (χ0) is 26.5. The smallest absolute Gasteiger partial charge is 0.255 e. The predicted octanol–water partition coefficient (Wildman–Crippen LogP) is 5.38. The lowest BCUT2D eigenvalue weighted by Crippen LogP contribution is -2.41. The number of ether oxygens (including phenoxy) is 4. The van der Waals surface area contributed by atoms with Crippen LogP contribution in [0.2, 0.25) is 18.1 Å². The molecule has 194 valence electrons. The Balaban J connectivity index is 1.86. The number of nitrogens with one attached hydrogen (secondary N) is 1. The fourth-order valence-electron chi connectivity index (χ4n) is 3.36. The summed E-state index contributed by atoms with van der Waals surface area (Å²) in [5.41, 5.74) is 2.27. The van der Waals surface area contributed by atoms with Crippen molar-refractivity contribution < 1.29 is 28.2 Å². The molecule has 1 N–H and O–H groups in total. The van der Waals surface area contributed by atoms with Gasteiger partial charge in [-0.15, -0.1) is 0 Å². The van der Waals surface area contributed by atoms with E-state index < -0.39 is 14.6 Å². The number of carbonyl (C=O) groups excluding carboxylic acids is 1. The highest BCUT2D eigenvalue weighted by atomic mass is 28.4. The standard InChI is InChI=1S/C28H37NO6Si/c1-28(2,3)36(7,8)34-18-25-23(35-25)15-14-21-22(29-26(30)19-12-10-9-11-13-19)16-20(17-24(21)31-4)27(32-5)33-6/h9-13,16-17,23,25,27H,18H2,1-8H3,(H,29,30)/t23-,25-/m1/s1. The first-order valence-electron chi connectivity index (χ1n) is 12.0. The molecule has 2 atom stereocenters. The topological polar surface area (TPSA) is 78.5 Å². The van der Waals surface area contributed by atoms with Gasteiger partial charge in [0.2, 0.25) is 0 Å². The summed E-state index contributed by atoms with van der Waals surface area (Å²) in [5, 5.41) is 3.10. The molecule has 2 aromatic carbocycles. The van der Waals surface area contributed by atoms with Crippen LogP contribution < -0.4 is 10.1 Å². The van der Waals surface area contributed by atoms with Crippen molar-refractivity contribution in [2.24, 2.45) is 0 Å². The van der Waals surface area contributed by atoms with E-state index in [9.17, 15) is 4.79 Å². The maximum atomic E-state index is 12.9. The summed E-state index contributed by atoms with van der Waals surface area (Å²) in [6, 6.07) is 12.6. The van der Waals surface area contributed by atoms with E-state index in [1.54, 1.807) is 45.6 Å². The van der Waals surface area contributed by atoms with Gasteiger partial charge in [-0.05, 0) is 42.4 Å². The first-order valence-corrected chi connectivity index (χ1v) is 14.9. The van der Waals surface area contributed by atoms with Crippen LogP contribution >= 0.6 is 0 Å². The van der Waals surface area contributed by atoms with Crippen LogP contribution in [0.25, 0.3) is 0 Å². The average molecular weight is 512 g/mol. The molecule has 8 heteroatoms. The molecule has 1 amide bonds. The zero-order valence-corrected chi connectivity index (χ0v) is 23.4. The summed E-state index contributed by atoms with van der Waals surface area (Å²) >= 11 is 0. The third-order valence-electron chi connectivity index (χ3n) is 6.67. The van der Waals surface area contributed by atoms with E-state index in [0.717, 1.165) is 0 Å². The molecule has 3 rings (SSSR count). The first-order chi connectivity index (χ1) is 17.0. The van der Waals surface area contributed by atoms with Crippen molar-refractivity contribution in [1.29, 1.82) is 0 Å². The van der Waals surface area contributed by atoms with Gasteiger partial charge in [-0.3, -0.25) is 4.79 Å². The molecule has 0 aliphatic carbocycles. The Hall–Kier alpha value is -2.67. The van der Waals surface area contributed by atoms with Crippen LogP contribution in [0.3, 0.4) is 0 Å². The molecule has 1 fully saturated rings. The van der Waals surface area contributed by atoms with E-state index in [1.807, 2.05) is 18.2 Å². The molecule has 1 aliphatic heterocycles. The van der Waals surface area contributed by atoms with E-state index in [1.165, 1.54) is 0 Å². The highest BCUT2D eigenvalue weighted by Crippen LogP contribution is 2.38. The van der Waals surface area contributed by atoms with Gasteiger partial charge in [0.25, 0.3) is 5.91 Å². The lowest BCUT2D eigenvalue weighted by atomic mass is 10.1. The number of amides is 1. The number of epoxide rings is 1. The molecule has 0 bridgehead atoms. The summed E-state index contributed by atoms with van der Waals surface area (Å²) in [6.07, 6.45) is -0.926. The minimum absolute atomic E-state index is 0.0642. The number of hydrogen-bond acceptors (Lipinski definition) is 6. The molecule has 1 heterocycles. The fraction of sp³-hybridized carbons (Fsp3) is 0.464. The SMILES string of the molecule is COc1cc(C(OC)OC)cc(NC(=O)c2ccccc2)c1C#C[C@H]1O[C@@H]1CO[Si](C)(C)C(C)(C)C. The normalized spacial score (nSPS) is 17.4. The van der Waals surface area contributed by atoms with Gasteiger partial charge in [-0.25, -0.2) is 0 Å². The van der Waals surface area contributed by atoms with Gasteiger partial charge in [0.05, 0.1) is 25.0 Å². The molecule has 7 nitrogen and oxygen atoms in total. The molecule has 0 saturated carbocycles. The monoisotopic (exact) mass is 511 g/mol. The second-order valence-electron chi connectivity index (χ2n) is 10.2. The summed E-state index contributed by atoms with van der Waals surface area (Å²) in [7, 11) is 2.80. The van der Waals surface area contributed by atoms with Crippen LogP contribution in [-0.4, -0.2) is 54.4 Å². The number of hydrogen-bond donors (Lipinski definition) is 1. The molecule has 0 spiro atoms. The van der Waals surface area contributed by atoms with E-state index in [2.05, 4.69) is 51.0 Å². The van der Waals surface area contributed by atoms with Gasteiger partial charge in [0, 0.05) is 25.3 Å². The minimum atomic E-state index is -1.86. The number of carbonyl (C=O) groups is 1. The molecule has 1 aliphatic rings. The summed E-state index contributed by atoms with van der Waals surface area (Å²) in [6.45, 7) is 11.6. The van der Waals surface area contributed by atoms with Gasteiger partial charge in [-0.2, -0.15) is 0 Å². The number of rotatable bonds is 9. The highest BCUT2D eigenvalue weighted by molar-refractivity contribution is 6.74. The number of benzene rings is 2. The molecule has 1 saturated heterocycles. The van der Waals surface area contributed by atoms with Crippen molar-refractivity contribution in [3.63, 3.8) is 0 Å². The lowest BCUT2D eigenvalue weighted by Gasteiger charge is -2.35. The minimum Gasteiger partial charge on any atom is -0.495 e. The molecular weight excluding hydrogens is 474 g/mol. The van der Waals surface area contributed by atoms with Crippen LogP contribution in [0.5, 0.6) is 5.75 Å². The quantitative estimate of drug-likeness (QED) is 0.211. The van der Waals surface area contributed by atoms with Crippen LogP contribution in [-0.2, 0) is 18.6 Å². The van der Waals surface area contributed by atoms with Gasteiger partial charge < -0.3 is 28.7 Å². The molecular formula is C28H37NO6Si. The Morgan fingerprint density at radius 3 is 2.36 bits per heavy atom. The molecule has 0 unspecified atom stereocenters. The largest absolute Gasteiger partial charge is 0.495 e. The van der Waals surface area contributed by atoms with Gasteiger partial charge in [-0.1, -0.05) is 50.8 Å². The lowest BCUT2D eigenvalue weighted by molar-refractivity contribution is -0.106. The van der Waals surface area contributed by atoms with Gasteiger partial charge >= 0.3 is 0 Å². The van der Waals surface area contributed by atoms with E-state index in [-0.39, 0.29) is 23.2 Å². The number of methoxy groups -OCH3 is 3. The highest BCUT2D eigenvalue weighted by Gasteiger charge is 2.43. The van der Waals surface area contributed by atoms with Crippen molar-refractivity contribution >= 4 is 19.9 Å². The Labute approximate surface area is 215 Å². The Morgan fingerprint density at radius 2 is 1.78 bits per heavy atom. The summed E-state index contributed by atoms with van der Waals surface area (Å²) < 4.78 is 28.5. The van der Waals surface area contributed by atoms with Crippen LogP contribution in [0, 0.1) is 11.8 Å². The zero-order valence-electron chi connectivity index (χ0n) is 22.4. The second kappa shape index (κ2) is 11.6. The van der Waals surface area contributed by atoms with Crippen molar-refractivity contribution in [3.05, 3.63) is 59.2 Å². The third-order valence-corrected chi connectivity index (χ3v) is 11.2. The van der Waals surface area contributed by atoms with Crippen LogP contribution in [0.1, 0.15) is 48.5 Å². The maximum Gasteiger partial charge on any atom is 0.255 e. The van der Waals surface area contributed by atoms with Crippen molar-refractivity contribution in [3.8, 4) is 17.6 Å². The van der Waals surface area contributed by atoms with E-state index in [4.69, 9.17) is 23.4 Å². The average Bonchev–Trinajstić information content (AvgIpc) is 3.60. The second-order valence-corrected chi connectivity index (χ2v) is 15.0. The molecule has 36 heavy (non-hydrogen) atoms. The molecule has 0 aromatic heterocycles. The maximum absolute atomic E-state index is 12.9. The Bertz CT molecular complexity index is 1110. The Kier molecular flexibility index (Phi) is 8.98. The summed E-state index contributed by atoms with van der Waals surface area (Å²) in [4.78, 5) is 12.9. The molecule has 2 aromatic rings. The first kappa shape index (κ1) is 27.9. The number of anilines is 1. The van der Waals surface area contributed by atoms with Crippen molar-refractivity contribution in [1.82, 2.24) is 0 Å². The fourth-order valence-corrected chi connectivity index (χ4v) is 4.37. The Morgan fingerprint density at radius 1 is 1.11 bits per heavy atom. The van der Waals surface area contributed by atoms with Crippen LogP contribution in [0.15, 0.2) is 42.5 Å². The van der Waals surface area contributed by atoms with Gasteiger partial charge in [0.1, 0.15) is 18.0 Å². The summed E-state index contributed by atoms with van der Waals surface area (Å²) in [5.74, 6) is 6.58.